The van der Waals surface area contributed by atoms with Crippen LogP contribution in [0.15, 0.2) is 0 Å². The summed E-state index contributed by atoms with van der Waals surface area (Å²) in [6.45, 7) is 4.74. The van der Waals surface area contributed by atoms with E-state index in [4.69, 9.17) is 5.73 Å². The molecule has 1 radical (unpaired) electrons. The minimum atomic E-state index is -3.16. The molecule has 3 heterocycles. The molecule has 26 heavy (non-hydrogen) atoms. The number of carbonyl (C=O) groups excluding carboxylic acids is 1. The van der Waals surface area contributed by atoms with E-state index in [-0.39, 0.29) is 11.9 Å². The Kier molecular flexibility index (Phi) is 5.40. The van der Waals surface area contributed by atoms with Crippen LogP contribution in [0.3, 0.4) is 0 Å². The molecule has 0 aliphatic carbocycles. The number of carbonyl (C=O) groups is 1. The van der Waals surface area contributed by atoms with Crippen molar-refractivity contribution in [3.63, 3.8) is 0 Å². The van der Waals surface area contributed by atoms with Gasteiger partial charge in [-0.3, -0.25) is 14.6 Å². The van der Waals surface area contributed by atoms with Gasteiger partial charge < -0.3 is 10.8 Å². The zero-order valence-corrected chi connectivity index (χ0v) is 16.5. The molecular weight excluding hydrogens is 356 g/mol. The molecule has 0 aromatic carbocycles. The number of amides is 1. The third kappa shape index (κ3) is 3.91. The Hall–Kier alpha value is -0.740. The highest BCUT2D eigenvalue weighted by Crippen LogP contribution is 2.44. The van der Waals surface area contributed by atoms with Crippen molar-refractivity contribution in [3.05, 3.63) is 6.42 Å². The fraction of sp³-hybridized carbons (Fsp3) is 0.882. The number of hydrogen-bond acceptors (Lipinski definition) is 6. The van der Waals surface area contributed by atoms with Gasteiger partial charge in [-0.2, -0.15) is 4.31 Å². The van der Waals surface area contributed by atoms with Crippen LogP contribution in [0.2, 0.25) is 0 Å². The van der Waals surface area contributed by atoms with Gasteiger partial charge in [-0.1, -0.05) is 0 Å². The SMILES string of the molecule is CC(O)(CN1CCN(S(C)(=O)=O)CC1)CN1[C@@H]2C[CH]C[C@@]1(C(N)=O)CC2. The summed E-state index contributed by atoms with van der Waals surface area (Å²) in [4.78, 5) is 16.4. The Labute approximate surface area is 156 Å². The number of piperazine rings is 1. The van der Waals surface area contributed by atoms with Gasteiger partial charge in [-0.05, 0) is 39.0 Å². The predicted octanol–water partition coefficient (Wildman–Crippen LogP) is -0.999. The van der Waals surface area contributed by atoms with Crippen LogP contribution in [0.1, 0.15) is 32.6 Å². The van der Waals surface area contributed by atoms with Crippen molar-refractivity contribution in [2.75, 3.05) is 45.5 Å². The normalized spacial score (nSPS) is 33.9. The third-order valence-corrected chi connectivity index (χ3v) is 7.44. The lowest BCUT2D eigenvalue weighted by Crippen LogP contribution is -2.63. The van der Waals surface area contributed by atoms with Crippen molar-refractivity contribution < 1.29 is 18.3 Å². The van der Waals surface area contributed by atoms with E-state index in [2.05, 4.69) is 16.2 Å². The maximum absolute atomic E-state index is 12.2. The summed E-state index contributed by atoms with van der Waals surface area (Å²) < 4.78 is 24.7. The molecule has 1 amide bonds. The molecule has 149 valence electrons. The summed E-state index contributed by atoms with van der Waals surface area (Å²) in [7, 11) is -3.16. The molecule has 0 spiro atoms. The van der Waals surface area contributed by atoms with Crippen molar-refractivity contribution >= 4 is 15.9 Å². The standard InChI is InChI=1S/C17H31N4O4S/c1-16(23,12-19-8-10-20(11-9-19)26(2,24)25)13-21-14-4-3-6-17(21,7-5-14)15(18)22/h3,14,23H,4-13H2,1-2H3,(H2,18,22)/t14-,16?,17+/m1/s1. The number of sulfonamides is 1. The fourth-order valence-corrected chi connectivity index (χ4v) is 5.62. The molecule has 3 rings (SSSR count). The molecule has 3 aliphatic heterocycles. The van der Waals surface area contributed by atoms with Crippen molar-refractivity contribution in [1.29, 1.82) is 0 Å². The molecule has 2 bridgehead atoms. The van der Waals surface area contributed by atoms with E-state index in [1.807, 2.05) is 0 Å². The molecule has 0 aromatic rings. The first-order valence-electron chi connectivity index (χ1n) is 9.32. The number of rotatable bonds is 6. The summed E-state index contributed by atoms with van der Waals surface area (Å²) in [5.41, 5.74) is 4.09. The minimum Gasteiger partial charge on any atom is -0.388 e. The second kappa shape index (κ2) is 7.01. The first-order chi connectivity index (χ1) is 12.0. The Bertz CT molecular complexity index is 641. The van der Waals surface area contributed by atoms with E-state index in [1.165, 1.54) is 10.6 Å². The van der Waals surface area contributed by atoms with Gasteiger partial charge in [-0.15, -0.1) is 0 Å². The third-order valence-electron chi connectivity index (χ3n) is 6.14. The number of β-amino-alcohol motifs (C(OH)–C–C–N with tert-alkyl or cyclic N) is 1. The number of hydrogen-bond donors (Lipinski definition) is 2. The number of fused-ring (bicyclic) bond motifs is 2. The van der Waals surface area contributed by atoms with Gasteiger partial charge in [0, 0.05) is 45.3 Å². The zero-order chi connectivity index (χ0) is 19.2. The summed E-state index contributed by atoms with van der Waals surface area (Å²) >= 11 is 0. The Balaban J connectivity index is 1.62. The second-order valence-corrected chi connectivity index (χ2v) is 10.4. The topological polar surface area (TPSA) is 107 Å². The van der Waals surface area contributed by atoms with Crippen molar-refractivity contribution in [2.24, 2.45) is 5.73 Å². The lowest BCUT2D eigenvalue weighted by Gasteiger charge is -2.46. The maximum Gasteiger partial charge on any atom is 0.237 e. The molecule has 0 aromatic heterocycles. The Morgan fingerprint density at radius 1 is 1.31 bits per heavy atom. The maximum atomic E-state index is 12.2. The molecule has 3 fully saturated rings. The average molecular weight is 388 g/mol. The van der Waals surface area contributed by atoms with E-state index in [1.54, 1.807) is 6.92 Å². The first kappa shape index (κ1) is 20.0. The van der Waals surface area contributed by atoms with Gasteiger partial charge in [0.1, 0.15) is 5.54 Å². The Morgan fingerprint density at radius 3 is 2.54 bits per heavy atom. The van der Waals surface area contributed by atoms with E-state index < -0.39 is 21.2 Å². The van der Waals surface area contributed by atoms with Crippen LogP contribution in [0.25, 0.3) is 0 Å². The highest BCUT2D eigenvalue weighted by Gasteiger charge is 2.54. The summed E-state index contributed by atoms with van der Waals surface area (Å²) in [5, 5.41) is 11.0. The van der Waals surface area contributed by atoms with E-state index >= 15 is 0 Å². The average Bonchev–Trinajstić information content (AvgIpc) is 2.73. The van der Waals surface area contributed by atoms with Gasteiger partial charge in [0.05, 0.1) is 11.9 Å². The summed E-state index contributed by atoms with van der Waals surface area (Å²) in [6.07, 6.45) is 6.65. The lowest BCUT2D eigenvalue weighted by atomic mass is 9.86. The van der Waals surface area contributed by atoms with E-state index in [0.717, 1.165) is 19.3 Å². The molecule has 9 heteroatoms. The molecule has 0 saturated carbocycles. The molecular formula is C17H31N4O4S. The lowest BCUT2D eigenvalue weighted by molar-refractivity contribution is -0.133. The zero-order valence-electron chi connectivity index (χ0n) is 15.7. The van der Waals surface area contributed by atoms with Crippen LogP contribution in [0.4, 0.5) is 0 Å². The van der Waals surface area contributed by atoms with Gasteiger partial charge in [0.25, 0.3) is 0 Å². The van der Waals surface area contributed by atoms with Crippen molar-refractivity contribution in [1.82, 2.24) is 14.1 Å². The molecule has 3 aliphatic rings. The monoisotopic (exact) mass is 387 g/mol. The number of nitrogens with zero attached hydrogens (tertiary/aromatic N) is 3. The Morgan fingerprint density at radius 2 is 1.96 bits per heavy atom. The van der Waals surface area contributed by atoms with Gasteiger partial charge in [-0.25, -0.2) is 8.42 Å². The number of nitrogens with two attached hydrogens (primary N) is 1. The molecule has 3 N–H and O–H groups in total. The van der Waals surface area contributed by atoms with E-state index in [9.17, 15) is 18.3 Å². The first-order valence-corrected chi connectivity index (χ1v) is 11.2. The smallest absolute Gasteiger partial charge is 0.237 e. The summed E-state index contributed by atoms with van der Waals surface area (Å²) in [6, 6.07) is 0.268. The fourth-order valence-electron chi connectivity index (χ4n) is 4.80. The van der Waals surface area contributed by atoms with Crippen molar-refractivity contribution in [3.8, 4) is 0 Å². The number of piperidine rings is 1. The van der Waals surface area contributed by atoms with E-state index in [0.29, 0.717) is 45.7 Å². The van der Waals surface area contributed by atoms with Crippen molar-refractivity contribution in [2.45, 2.75) is 49.8 Å². The quantitative estimate of drug-likeness (QED) is 0.605. The largest absolute Gasteiger partial charge is 0.388 e. The molecule has 1 unspecified atom stereocenters. The van der Waals surface area contributed by atoms with Gasteiger partial charge in [0.15, 0.2) is 0 Å². The minimum absolute atomic E-state index is 0.268. The van der Waals surface area contributed by atoms with Crippen LogP contribution in [0.5, 0.6) is 0 Å². The number of aliphatic hydroxyl groups is 1. The summed E-state index contributed by atoms with van der Waals surface area (Å²) in [5.74, 6) is -0.298. The van der Waals surface area contributed by atoms with Crippen LogP contribution in [-0.2, 0) is 14.8 Å². The highest BCUT2D eigenvalue weighted by molar-refractivity contribution is 7.88. The van der Waals surface area contributed by atoms with Crippen LogP contribution in [-0.4, -0.2) is 96.2 Å². The molecule has 3 atom stereocenters. The molecule has 8 nitrogen and oxygen atoms in total. The highest BCUT2D eigenvalue weighted by atomic mass is 32.2. The molecule has 3 saturated heterocycles. The van der Waals surface area contributed by atoms with Gasteiger partial charge in [0.2, 0.25) is 15.9 Å². The predicted molar refractivity (Wildman–Crippen MR) is 98.7 cm³/mol. The second-order valence-electron chi connectivity index (χ2n) is 8.38. The number of primary amides is 1. The van der Waals surface area contributed by atoms with Crippen LogP contribution >= 0.6 is 0 Å². The van der Waals surface area contributed by atoms with Crippen LogP contribution in [0, 0.1) is 6.42 Å². The van der Waals surface area contributed by atoms with Gasteiger partial charge >= 0.3 is 0 Å². The van der Waals surface area contributed by atoms with Crippen LogP contribution < -0.4 is 5.73 Å².